The van der Waals surface area contributed by atoms with Crippen LogP contribution >= 0.6 is 0 Å². The van der Waals surface area contributed by atoms with Crippen molar-refractivity contribution in [2.75, 3.05) is 39.5 Å². The molecule has 1 saturated heterocycles. The van der Waals surface area contributed by atoms with Crippen LogP contribution in [-0.4, -0.2) is 61.7 Å². The van der Waals surface area contributed by atoms with E-state index in [1.165, 1.54) is 0 Å². The molecular formula is C21H31NO5. The molecule has 1 heterocycles. The van der Waals surface area contributed by atoms with Gasteiger partial charge in [0, 0.05) is 18.7 Å². The minimum absolute atomic E-state index is 0.146. The van der Waals surface area contributed by atoms with Crippen molar-refractivity contribution in [1.29, 1.82) is 0 Å². The highest BCUT2D eigenvalue weighted by molar-refractivity contribution is 6.03. The van der Waals surface area contributed by atoms with Crippen LogP contribution in [0.4, 0.5) is 0 Å². The summed E-state index contributed by atoms with van der Waals surface area (Å²) in [5.41, 5.74) is 0.193. The van der Waals surface area contributed by atoms with Gasteiger partial charge in [-0.2, -0.15) is 0 Å². The number of hydrogen-bond donors (Lipinski definition) is 0. The summed E-state index contributed by atoms with van der Waals surface area (Å²) in [6, 6.07) is 7.19. The fourth-order valence-electron chi connectivity index (χ4n) is 3.61. The van der Waals surface area contributed by atoms with Crippen molar-refractivity contribution in [3.05, 3.63) is 29.8 Å². The summed E-state index contributed by atoms with van der Waals surface area (Å²) in [5.74, 6) is 0.513. The number of benzene rings is 1. The van der Waals surface area contributed by atoms with E-state index >= 15 is 0 Å². The van der Waals surface area contributed by atoms with Gasteiger partial charge in [0.25, 0.3) is 0 Å². The molecule has 6 nitrogen and oxygen atoms in total. The molecule has 27 heavy (non-hydrogen) atoms. The van der Waals surface area contributed by atoms with Crippen molar-refractivity contribution in [1.82, 2.24) is 4.90 Å². The van der Waals surface area contributed by atoms with Crippen molar-refractivity contribution in [3.8, 4) is 5.75 Å². The second-order valence-electron chi connectivity index (χ2n) is 6.60. The van der Waals surface area contributed by atoms with Gasteiger partial charge in [-0.3, -0.25) is 14.5 Å². The Morgan fingerprint density at radius 3 is 2.26 bits per heavy atom. The minimum atomic E-state index is -0.490. The van der Waals surface area contributed by atoms with Gasteiger partial charge in [0.1, 0.15) is 5.75 Å². The zero-order valence-electron chi connectivity index (χ0n) is 16.7. The van der Waals surface area contributed by atoms with Gasteiger partial charge < -0.3 is 14.2 Å². The van der Waals surface area contributed by atoms with E-state index in [0.717, 1.165) is 25.9 Å². The van der Waals surface area contributed by atoms with Crippen LogP contribution in [0.3, 0.4) is 0 Å². The molecule has 6 heteroatoms. The van der Waals surface area contributed by atoms with Crippen molar-refractivity contribution >= 4 is 11.8 Å². The Hall–Kier alpha value is -1.92. The average Bonchev–Trinajstić information content (AvgIpc) is 2.71. The maximum atomic E-state index is 13.3. The maximum absolute atomic E-state index is 13.3. The van der Waals surface area contributed by atoms with Crippen LogP contribution in [0, 0.1) is 0 Å². The summed E-state index contributed by atoms with van der Waals surface area (Å²) in [6.07, 6.45) is 1.74. The molecular weight excluding hydrogens is 346 g/mol. The van der Waals surface area contributed by atoms with Crippen molar-refractivity contribution in [2.45, 2.75) is 45.6 Å². The third-order valence-corrected chi connectivity index (χ3v) is 5.21. The maximum Gasteiger partial charge on any atom is 0.309 e. The number of esters is 1. The summed E-state index contributed by atoms with van der Waals surface area (Å²) in [7, 11) is 0. The molecule has 0 spiro atoms. The normalized spacial score (nSPS) is 15.4. The molecule has 1 aromatic carbocycles. The number of nitrogens with zero attached hydrogens (tertiary/aromatic N) is 1. The SMILES string of the molecule is CCOC(=O)CCOc1ccc(C(=O)C(CC)(CC)N2CCOCC2)cc1. The molecule has 150 valence electrons. The minimum Gasteiger partial charge on any atom is -0.493 e. The third kappa shape index (κ3) is 5.30. The molecule has 0 saturated carbocycles. The van der Waals surface area contributed by atoms with Crippen LogP contribution in [0.1, 0.15) is 50.4 Å². The van der Waals surface area contributed by atoms with Gasteiger partial charge in [-0.15, -0.1) is 0 Å². The van der Waals surface area contributed by atoms with Crippen LogP contribution in [0.15, 0.2) is 24.3 Å². The van der Waals surface area contributed by atoms with Gasteiger partial charge in [0.05, 0.1) is 38.4 Å². The second-order valence-corrected chi connectivity index (χ2v) is 6.60. The summed E-state index contributed by atoms with van der Waals surface area (Å²) in [4.78, 5) is 26.9. The largest absolute Gasteiger partial charge is 0.493 e. The zero-order chi connectivity index (χ0) is 19.7. The quantitative estimate of drug-likeness (QED) is 0.461. The fourth-order valence-corrected chi connectivity index (χ4v) is 3.61. The Kier molecular flexibility index (Phi) is 8.25. The Balaban J connectivity index is 2.03. The summed E-state index contributed by atoms with van der Waals surface area (Å²) in [5, 5.41) is 0. The molecule has 0 amide bonds. The predicted molar refractivity (Wildman–Crippen MR) is 103 cm³/mol. The first kappa shape index (κ1) is 21.4. The lowest BCUT2D eigenvalue weighted by atomic mass is 9.82. The molecule has 1 aliphatic heterocycles. The van der Waals surface area contributed by atoms with Gasteiger partial charge in [-0.1, -0.05) is 13.8 Å². The van der Waals surface area contributed by atoms with E-state index in [-0.39, 0.29) is 24.8 Å². The molecule has 0 unspecified atom stereocenters. The molecule has 0 atom stereocenters. The number of rotatable bonds is 10. The summed E-state index contributed by atoms with van der Waals surface area (Å²) in [6.45, 7) is 9.45. The van der Waals surface area contributed by atoms with E-state index in [1.807, 2.05) is 12.1 Å². The number of ether oxygens (including phenoxy) is 3. The molecule has 1 aliphatic rings. The standard InChI is InChI=1S/C21H31NO5/c1-4-21(5-2,22-12-15-25-16-13-22)20(24)17-7-9-18(10-8-17)27-14-11-19(23)26-6-3/h7-10H,4-6,11-16H2,1-3H3. The highest BCUT2D eigenvalue weighted by Crippen LogP contribution is 2.30. The van der Waals surface area contributed by atoms with Gasteiger partial charge in [0.2, 0.25) is 0 Å². The lowest BCUT2D eigenvalue weighted by Gasteiger charge is -2.43. The monoisotopic (exact) mass is 377 g/mol. The van der Waals surface area contributed by atoms with Crippen molar-refractivity contribution in [3.63, 3.8) is 0 Å². The van der Waals surface area contributed by atoms with Crippen LogP contribution < -0.4 is 4.74 Å². The molecule has 1 fully saturated rings. The van der Waals surface area contributed by atoms with Crippen LogP contribution in [-0.2, 0) is 14.3 Å². The first-order valence-corrected chi connectivity index (χ1v) is 9.83. The lowest BCUT2D eigenvalue weighted by molar-refractivity contribution is -0.143. The van der Waals surface area contributed by atoms with E-state index in [0.29, 0.717) is 31.1 Å². The van der Waals surface area contributed by atoms with E-state index < -0.39 is 5.54 Å². The molecule has 2 rings (SSSR count). The Morgan fingerprint density at radius 2 is 1.70 bits per heavy atom. The molecule has 0 N–H and O–H groups in total. The van der Waals surface area contributed by atoms with Crippen molar-refractivity contribution < 1.29 is 23.8 Å². The van der Waals surface area contributed by atoms with E-state index in [2.05, 4.69) is 18.7 Å². The van der Waals surface area contributed by atoms with Gasteiger partial charge in [-0.25, -0.2) is 0 Å². The van der Waals surface area contributed by atoms with Crippen molar-refractivity contribution in [2.24, 2.45) is 0 Å². The third-order valence-electron chi connectivity index (χ3n) is 5.21. The number of carbonyl (C=O) groups is 2. The number of morpholine rings is 1. The van der Waals surface area contributed by atoms with E-state index in [9.17, 15) is 9.59 Å². The fraction of sp³-hybridized carbons (Fsp3) is 0.619. The van der Waals surface area contributed by atoms with E-state index in [4.69, 9.17) is 14.2 Å². The van der Waals surface area contributed by atoms with Gasteiger partial charge in [-0.05, 0) is 44.0 Å². The molecule has 0 aromatic heterocycles. The zero-order valence-corrected chi connectivity index (χ0v) is 16.7. The Bertz CT molecular complexity index is 604. The highest BCUT2D eigenvalue weighted by Gasteiger charge is 2.41. The van der Waals surface area contributed by atoms with Gasteiger partial charge >= 0.3 is 5.97 Å². The van der Waals surface area contributed by atoms with E-state index in [1.54, 1.807) is 19.1 Å². The van der Waals surface area contributed by atoms with Crippen LogP contribution in [0.2, 0.25) is 0 Å². The second kappa shape index (κ2) is 10.4. The first-order valence-electron chi connectivity index (χ1n) is 9.83. The Labute approximate surface area is 161 Å². The topological polar surface area (TPSA) is 65.1 Å². The molecule has 0 bridgehead atoms. The average molecular weight is 377 g/mol. The number of Topliss-reactive ketones (excluding diaryl/α,β-unsaturated/α-hetero) is 1. The van der Waals surface area contributed by atoms with Crippen LogP contribution in [0.5, 0.6) is 5.75 Å². The number of hydrogen-bond acceptors (Lipinski definition) is 6. The Morgan fingerprint density at radius 1 is 1.07 bits per heavy atom. The lowest BCUT2D eigenvalue weighted by Crippen LogP contribution is -2.57. The molecule has 0 aliphatic carbocycles. The molecule has 0 radical (unpaired) electrons. The highest BCUT2D eigenvalue weighted by atomic mass is 16.5. The number of ketones is 1. The summed E-state index contributed by atoms with van der Waals surface area (Å²) < 4.78 is 15.9. The smallest absolute Gasteiger partial charge is 0.309 e. The predicted octanol–water partition coefficient (Wildman–Crippen LogP) is 3.09. The molecule has 1 aromatic rings. The first-order chi connectivity index (χ1) is 13.1. The van der Waals surface area contributed by atoms with Crippen LogP contribution in [0.25, 0.3) is 0 Å². The number of carbonyl (C=O) groups excluding carboxylic acids is 2. The van der Waals surface area contributed by atoms with Gasteiger partial charge in [0.15, 0.2) is 5.78 Å². The summed E-state index contributed by atoms with van der Waals surface area (Å²) >= 11 is 0.